The van der Waals surface area contributed by atoms with E-state index in [-0.39, 0.29) is 10.7 Å². The smallest absolute Gasteiger partial charge is 0.218 e. The molecule has 0 atom stereocenters. The minimum Gasteiger partial charge on any atom is -0.392 e. The zero-order valence-electron chi connectivity index (χ0n) is 9.48. The Kier molecular flexibility index (Phi) is 5.10. The van der Waals surface area contributed by atoms with E-state index in [0.717, 1.165) is 25.9 Å². The van der Waals surface area contributed by atoms with Crippen molar-refractivity contribution in [3.63, 3.8) is 0 Å². The van der Waals surface area contributed by atoms with Crippen LogP contribution in [0.3, 0.4) is 0 Å². The fourth-order valence-electron chi connectivity index (χ4n) is 1.75. The van der Waals surface area contributed by atoms with E-state index in [0.29, 0.717) is 12.5 Å². The summed E-state index contributed by atoms with van der Waals surface area (Å²) in [6.45, 7) is 2.56. The molecule has 0 aromatic rings. The standard InChI is InChI=1S/C9H19N3O2S2/c1-12-4-2-8(3-5-12)6-11-16(13,14)7-9(10)15/h8,11H,2-7H2,1H3,(H2,10,15). The van der Waals surface area contributed by atoms with E-state index in [1.165, 1.54) is 0 Å². The van der Waals surface area contributed by atoms with Gasteiger partial charge in [0.2, 0.25) is 10.0 Å². The summed E-state index contributed by atoms with van der Waals surface area (Å²) in [5.74, 6) is 0.173. The second-order valence-electron chi connectivity index (χ2n) is 4.32. The third-order valence-electron chi connectivity index (χ3n) is 2.76. The molecule has 0 unspecified atom stereocenters. The fraction of sp³-hybridized carbons (Fsp3) is 0.889. The van der Waals surface area contributed by atoms with Crippen molar-refractivity contribution in [3.05, 3.63) is 0 Å². The molecule has 3 N–H and O–H groups in total. The van der Waals surface area contributed by atoms with Gasteiger partial charge in [0.25, 0.3) is 0 Å². The van der Waals surface area contributed by atoms with Crippen molar-refractivity contribution in [2.24, 2.45) is 11.7 Å². The van der Waals surface area contributed by atoms with Gasteiger partial charge in [-0.05, 0) is 38.9 Å². The molecular formula is C9H19N3O2S2. The summed E-state index contributed by atoms with van der Waals surface area (Å²) in [4.78, 5) is 2.26. The van der Waals surface area contributed by atoms with Crippen LogP contribution in [0, 0.1) is 5.92 Å². The Morgan fingerprint density at radius 1 is 1.50 bits per heavy atom. The molecule has 5 nitrogen and oxygen atoms in total. The van der Waals surface area contributed by atoms with Gasteiger partial charge in [-0.25, -0.2) is 13.1 Å². The van der Waals surface area contributed by atoms with Gasteiger partial charge < -0.3 is 10.6 Å². The summed E-state index contributed by atoms with van der Waals surface area (Å²) in [7, 11) is -1.25. The minimum atomic E-state index is -3.32. The van der Waals surface area contributed by atoms with E-state index in [4.69, 9.17) is 5.73 Å². The Bertz CT molecular complexity index is 335. The van der Waals surface area contributed by atoms with Crippen molar-refractivity contribution < 1.29 is 8.42 Å². The molecule has 94 valence electrons. The number of piperidine rings is 1. The monoisotopic (exact) mass is 265 g/mol. The molecule has 0 saturated carbocycles. The highest BCUT2D eigenvalue weighted by Crippen LogP contribution is 2.14. The average Bonchev–Trinajstić information content (AvgIpc) is 2.15. The number of nitrogens with two attached hydrogens (primary N) is 1. The third-order valence-corrected chi connectivity index (χ3v) is 4.39. The Labute approximate surface area is 102 Å². The predicted molar refractivity (Wildman–Crippen MR) is 68.8 cm³/mol. The van der Waals surface area contributed by atoms with E-state index in [1.807, 2.05) is 0 Å². The lowest BCUT2D eigenvalue weighted by atomic mass is 9.98. The Morgan fingerprint density at radius 2 is 2.06 bits per heavy atom. The van der Waals surface area contributed by atoms with Gasteiger partial charge in [0.15, 0.2) is 0 Å². The van der Waals surface area contributed by atoms with Crippen molar-refractivity contribution in [1.29, 1.82) is 0 Å². The molecule has 1 saturated heterocycles. The van der Waals surface area contributed by atoms with Gasteiger partial charge in [0, 0.05) is 6.54 Å². The maximum atomic E-state index is 11.5. The summed E-state index contributed by atoms with van der Waals surface area (Å²) in [6.07, 6.45) is 2.07. The summed E-state index contributed by atoms with van der Waals surface area (Å²) in [5, 5.41) is 0. The quantitative estimate of drug-likeness (QED) is 0.658. The molecule has 16 heavy (non-hydrogen) atoms. The van der Waals surface area contributed by atoms with E-state index in [9.17, 15) is 8.42 Å². The maximum Gasteiger partial charge on any atom is 0.218 e. The lowest BCUT2D eigenvalue weighted by Gasteiger charge is -2.28. The van der Waals surface area contributed by atoms with Crippen molar-refractivity contribution in [3.8, 4) is 0 Å². The first-order valence-electron chi connectivity index (χ1n) is 5.33. The van der Waals surface area contributed by atoms with E-state index < -0.39 is 10.0 Å². The molecule has 1 fully saturated rings. The number of sulfonamides is 1. The molecule has 0 aromatic heterocycles. The zero-order valence-corrected chi connectivity index (χ0v) is 11.1. The maximum absolute atomic E-state index is 11.5. The summed E-state index contributed by atoms with van der Waals surface area (Å²) >= 11 is 4.58. The highest BCUT2D eigenvalue weighted by atomic mass is 32.2. The van der Waals surface area contributed by atoms with Crippen LogP contribution in [0.1, 0.15) is 12.8 Å². The first kappa shape index (κ1) is 13.8. The van der Waals surface area contributed by atoms with Crippen LogP contribution in [0.15, 0.2) is 0 Å². The van der Waals surface area contributed by atoms with Gasteiger partial charge in [-0.1, -0.05) is 12.2 Å². The number of hydrogen-bond donors (Lipinski definition) is 2. The van der Waals surface area contributed by atoms with Crippen molar-refractivity contribution in [2.45, 2.75) is 12.8 Å². The summed E-state index contributed by atoms with van der Waals surface area (Å²) < 4.78 is 25.5. The molecule has 0 bridgehead atoms. The Morgan fingerprint density at radius 3 is 2.56 bits per heavy atom. The van der Waals surface area contributed by atoms with Crippen LogP contribution in [0.5, 0.6) is 0 Å². The molecule has 0 aliphatic carbocycles. The molecule has 1 aliphatic heterocycles. The minimum absolute atomic E-state index is 0.0101. The molecule has 0 radical (unpaired) electrons. The van der Waals surface area contributed by atoms with Crippen LogP contribution in [0.25, 0.3) is 0 Å². The van der Waals surface area contributed by atoms with Gasteiger partial charge >= 0.3 is 0 Å². The fourth-order valence-corrected chi connectivity index (χ4v) is 3.18. The number of hydrogen-bond acceptors (Lipinski definition) is 4. The second kappa shape index (κ2) is 5.90. The molecule has 0 aromatic carbocycles. The summed E-state index contributed by atoms with van der Waals surface area (Å²) in [6, 6.07) is 0. The number of thiocarbonyl (C=S) groups is 1. The molecule has 1 heterocycles. The van der Waals surface area contributed by atoms with E-state index in [2.05, 4.69) is 28.9 Å². The van der Waals surface area contributed by atoms with Crippen LogP contribution < -0.4 is 10.5 Å². The van der Waals surface area contributed by atoms with Gasteiger partial charge in [-0.2, -0.15) is 0 Å². The topological polar surface area (TPSA) is 75.4 Å². The van der Waals surface area contributed by atoms with Crippen LogP contribution in [0.4, 0.5) is 0 Å². The van der Waals surface area contributed by atoms with E-state index in [1.54, 1.807) is 0 Å². The van der Waals surface area contributed by atoms with Gasteiger partial charge in [0.1, 0.15) is 5.75 Å². The lowest BCUT2D eigenvalue weighted by Crippen LogP contribution is -2.39. The first-order valence-corrected chi connectivity index (χ1v) is 7.39. The number of rotatable bonds is 5. The van der Waals surface area contributed by atoms with Crippen molar-refractivity contribution in [1.82, 2.24) is 9.62 Å². The highest BCUT2D eigenvalue weighted by Gasteiger charge is 2.19. The average molecular weight is 265 g/mol. The Balaban J connectivity index is 2.31. The predicted octanol–water partition coefficient (Wildman–Crippen LogP) is -0.466. The van der Waals surface area contributed by atoms with Crippen LogP contribution in [-0.4, -0.2) is 50.7 Å². The van der Waals surface area contributed by atoms with Crippen LogP contribution >= 0.6 is 12.2 Å². The SMILES string of the molecule is CN1CCC(CNS(=O)(=O)CC(N)=S)CC1. The van der Waals surface area contributed by atoms with Gasteiger partial charge in [-0.3, -0.25) is 0 Å². The molecule has 0 spiro atoms. The normalized spacial score (nSPS) is 19.8. The van der Waals surface area contributed by atoms with Gasteiger partial charge in [-0.15, -0.1) is 0 Å². The van der Waals surface area contributed by atoms with Crippen LogP contribution in [-0.2, 0) is 10.0 Å². The molecule has 1 aliphatic rings. The van der Waals surface area contributed by atoms with Crippen molar-refractivity contribution >= 4 is 27.2 Å². The number of nitrogens with zero attached hydrogens (tertiary/aromatic N) is 1. The molecule has 1 rings (SSSR count). The van der Waals surface area contributed by atoms with Crippen LogP contribution in [0.2, 0.25) is 0 Å². The van der Waals surface area contributed by atoms with Gasteiger partial charge in [0.05, 0.1) is 4.99 Å². The second-order valence-corrected chi connectivity index (χ2v) is 6.65. The molecule has 7 heteroatoms. The Hall–Kier alpha value is -0.240. The summed E-state index contributed by atoms with van der Waals surface area (Å²) in [5.41, 5.74) is 5.21. The number of nitrogens with one attached hydrogen (secondary N) is 1. The largest absolute Gasteiger partial charge is 0.392 e. The zero-order chi connectivity index (χ0) is 12.2. The molecule has 0 amide bonds. The highest BCUT2D eigenvalue weighted by molar-refractivity contribution is 7.92. The number of likely N-dealkylation sites (tertiary alicyclic amines) is 1. The van der Waals surface area contributed by atoms with Crippen molar-refractivity contribution in [2.75, 3.05) is 32.4 Å². The van der Waals surface area contributed by atoms with E-state index >= 15 is 0 Å². The molecular weight excluding hydrogens is 246 g/mol. The third kappa shape index (κ3) is 5.20. The first-order chi connectivity index (χ1) is 7.39. The lowest BCUT2D eigenvalue weighted by molar-refractivity contribution is 0.220.